The van der Waals surface area contributed by atoms with Gasteiger partial charge in [0.25, 0.3) is 5.56 Å². The van der Waals surface area contributed by atoms with E-state index < -0.39 is 0 Å². The second-order valence-corrected chi connectivity index (χ2v) is 12.0. The topological polar surface area (TPSA) is 52.8 Å². The zero-order chi connectivity index (χ0) is 27.8. The molecule has 1 aliphatic carbocycles. The Morgan fingerprint density at radius 3 is 2.63 bits per heavy atom. The molecule has 1 aliphatic heterocycles. The summed E-state index contributed by atoms with van der Waals surface area (Å²) in [6, 6.07) is 28.5. The first kappa shape index (κ1) is 25.7. The highest BCUT2D eigenvalue weighted by atomic mass is 32.1. The molecular weight excluding hydrogens is 549 g/mol. The van der Waals surface area contributed by atoms with Crippen molar-refractivity contribution in [1.29, 1.82) is 0 Å². The maximum absolute atomic E-state index is 14.0. The maximum atomic E-state index is 14.0. The minimum absolute atomic E-state index is 0.0140. The van der Waals surface area contributed by atoms with E-state index in [0.29, 0.717) is 29.2 Å². The van der Waals surface area contributed by atoms with Crippen molar-refractivity contribution in [2.75, 3.05) is 6.61 Å². The molecule has 5 aromatic rings. The third-order valence-electron chi connectivity index (χ3n) is 7.49. The van der Waals surface area contributed by atoms with Crippen molar-refractivity contribution >= 4 is 34.4 Å². The molecular formula is C34H28N2O3S2. The SMILES string of the molecule is CCOc1cc(/C=c2/sc3n(c2=O)[C@@H](c2cccs2)C2=C(N=3)c3ccccc3CC2)ccc1OCc1ccccc1. The number of rotatable bonds is 7. The van der Waals surface area contributed by atoms with Crippen LogP contribution in [0.1, 0.15) is 46.5 Å². The molecule has 0 amide bonds. The third-order valence-corrected chi connectivity index (χ3v) is 9.40. The monoisotopic (exact) mass is 576 g/mol. The minimum atomic E-state index is -0.135. The highest BCUT2D eigenvalue weighted by Crippen LogP contribution is 2.42. The molecule has 2 aromatic heterocycles. The fraction of sp³-hybridized carbons (Fsp3) is 0.176. The van der Waals surface area contributed by atoms with E-state index >= 15 is 0 Å². The summed E-state index contributed by atoms with van der Waals surface area (Å²) < 4.78 is 14.6. The first-order valence-electron chi connectivity index (χ1n) is 13.8. The molecule has 7 rings (SSSR count). The first-order valence-corrected chi connectivity index (χ1v) is 15.5. The largest absolute Gasteiger partial charge is 0.490 e. The summed E-state index contributed by atoms with van der Waals surface area (Å²) >= 11 is 3.14. The molecule has 0 saturated carbocycles. The molecule has 1 atom stereocenters. The number of ether oxygens (including phenoxy) is 2. The molecule has 0 radical (unpaired) electrons. The van der Waals surface area contributed by atoms with Crippen LogP contribution in [0.15, 0.2) is 106 Å². The fourth-order valence-electron chi connectivity index (χ4n) is 5.61. The number of hydrogen-bond donors (Lipinski definition) is 0. The van der Waals surface area contributed by atoms with Gasteiger partial charge in [-0.3, -0.25) is 9.36 Å². The predicted molar refractivity (Wildman–Crippen MR) is 165 cm³/mol. The molecule has 3 heterocycles. The highest BCUT2D eigenvalue weighted by Gasteiger charge is 2.33. The van der Waals surface area contributed by atoms with Gasteiger partial charge in [0, 0.05) is 10.4 Å². The summed E-state index contributed by atoms with van der Waals surface area (Å²) in [4.78, 5) is 21.0. The van der Waals surface area contributed by atoms with Crippen molar-refractivity contribution in [2.45, 2.75) is 32.4 Å². The number of benzene rings is 3. The van der Waals surface area contributed by atoms with Gasteiger partial charge in [0.1, 0.15) is 6.61 Å². The minimum Gasteiger partial charge on any atom is -0.490 e. The predicted octanol–water partition coefficient (Wildman–Crippen LogP) is 6.36. The maximum Gasteiger partial charge on any atom is 0.271 e. The van der Waals surface area contributed by atoms with Crippen LogP contribution in [-0.4, -0.2) is 11.2 Å². The Balaban J connectivity index is 1.30. The van der Waals surface area contributed by atoms with Crippen LogP contribution >= 0.6 is 22.7 Å². The molecule has 7 heteroatoms. The second-order valence-electron chi connectivity index (χ2n) is 10.0. The fourth-order valence-corrected chi connectivity index (χ4v) is 7.46. The molecule has 3 aromatic carbocycles. The van der Waals surface area contributed by atoms with E-state index in [-0.39, 0.29) is 11.6 Å². The van der Waals surface area contributed by atoms with Gasteiger partial charge in [-0.1, -0.05) is 78.1 Å². The number of allylic oxidation sites excluding steroid dienone is 1. The van der Waals surface area contributed by atoms with Crippen LogP contribution in [0.5, 0.6) is 11.5 Å². The zero-order valence-corrected chi connectivity index (χ0v) is 24.2. The van der Waals surface area contributed by atoms with Gasteiger partial charge >= 0.3 is 0 Å². The number of hydrogen-bond acceptors (Lipinski definition) is 6. The van der Waals surface area contributed by atoms with E-state index in [0.717, 1.165) is 39.3 Å². The second kappa shape index (κ2) is 11.0. The van der Waals surface area contributed by atoms with E-state index in [2.05, 4.69) is 41.8 Å². The Bertz CT molecular complexity index is 1940. The van der Waals surface area contributed by atoms with Gasteiger partial charge in [0.15, 0.2) is 16.3 Å². The number of aryl methyl sites for hydroxylation is 1. The van der Waals surface area contributed by atoms with Gasteiger partial charge in [-0.15, -0.1) is 11.3 Å². The molecule has 204 valence electrons. The smallest absolute Gasteiger partial charge is 0.271 e. The van der Waals surface area contributed by atoms with Gasteiger partial charge < -0.3 is 9.47 Å². The van der Waals surface area contributed by atoms with Crippen molar-refractivity contribution in [2.24, 2.45) is 4.99 Å². The zero-order valence-electron chi connectivity index (χ0n) is 22.6. The van der Waals surface area contributed by atoms with Gasteiger partial charge in [-0.05, 0) is 71.7 Å². The van der Waals surface area contributed by atoms with E-state index in [9.17, 15) is 4.79 Å². The summed E-state index contributed by atoms with van der Waals surface area (Å²) in [5.41, 5.74) is 6.70. The van der Waals surface area contributed by atoms with Crippen LogP contribution in [0.2, 0.25) is 0 Å². The summed E-state index contributed by atoms with van der Waals surface area (Å²) in [6.07, 6.45) is 3.79. The standard InChI is InChI=1S/C34H28N2O3S2/c1-2-38-28-19-23(14-17-27(28)39-21-22-9-4-3-5-10-22)20-30-33(37)36-32(29-13-8-18-40-29)26-16-15-24-11-6-7-12-25(24)31(26)35-34(36)41-30/h3-14,17-20,32H,2,15-16,21H2,1H3/b30-20+/t32-/m1/s1. The highest BCUT2D eigenvalue weighted by molar-refractivity contribution is 7.10. The van der Waals surface area contributed by atoms with Gasteiger partial charge in [0.05, 0.1) is 22.9 Å². The summed E-state index contributed by atoms with van der Waals surface area (Å²) in [5, 5.41) is 2.08. The van der Waals surface area contributed by atoms with E-state index in [1.807, 2.05) is 66.1 Å². The van der Waals surface area contributed by atoms with Crippen LogP contribution in [0, 0.1) is 0 Å². The lowest BCUT2D eigenvalue weighted by Crippen LogP contribution is -2.38. The normalized spacial score (nSPS) is 16.0. The molecule has 41 heavy (non-hydrogen) atoms. The van der Waals surface area contributed by atoms with E-state index in [1.54, 1.807) is 11.3 Å². The Kier molecular flexibility index (Phi) is 6.90. The molecule has 5 nitrogen and oxygen atoms in total. The molecule has 0 spiro atoms. The van der Waals surface area contributed by atoms with Crippen molar-refractivity contribution in [3.63, 3.8) is 0 Å². The molecule has 0 N–H and O–H groups in total. The lowest BCUT2D eigenvalue weighted by Gasteiger charge is -2.30. The summed E-state index contributed by atoms with van der Waals surface area (Å²) in [7, 11) is 0. The molecule has 0 fully saturated rings. The van der Waals surface area contributed by atoms with Crippen LogP contribution in [0.3, 0.4) is 0 Å². The van der Waals surface area contributed by atoms with E-state index in [4.69, 9.17) is 14.5 Å². The number of aromatic nitrogens is 1. The Morgan fingerprint density at radius 2 is 1.80 bits per heavy atom. The van der Waals surface area contributed by atoms with Crippen LogP contribution < -0.4 is 24.4 Å². The van der Waals surface area contributed by atoms with Crippen molar-refractivity contribution < 1.29 is 9.47 Å². The lowest BCUT2D eigenvalue weighted by molar-refractivity contribution is 0.269. The lowest BCUT2D eigenvalue weighted by atomic mass is 9.85. The summed E-state index contributed by atoms with van der Waals surface area (Å²) in [6.45, 7) is 2.92. The number of nitrogens with zero attached hydrogens (tertiary/aromatic N) is 2. The average molecular weight is 577 g/mol. The Hall–Kier alpha value is -4.20. The van der Waals surface area contributed by atoms with Crippen molar-refractivity contribution in [3.05, 3.63) is 143 Å². The van der Waals surface area contributed by atoms with Crippen LogP contribution in [0.25, 0.3) is 11.8 Å². The molecule has 0 saturated heterocycles. The molecule has 2 aliphatic rings. The van der Waals surface area contributed by atoms with Crippen molar-refractivity contribution in [1.82, 2.24) is 4.57 Å². The van der Waals surface area contributed by atoms with E-state index in [1.165, 1.54) is 28.0 Å². The Labute approximate surface area is 246 Å². The van der Waals surface area contributed by atoms with Gasteiger partial charge in [0.2, 0.25) is 0 Å². The third kappa shape index (κ3) is 4.85. The van der Waals surface area contributed by atoms with Crippen LogP contribution in [0.4, 0.5) is 0 Å². The first-order chi connectivity index (χ1) is 20.2. The average Bonchev–Trinajstić information content (AvgIpc) is 3.65. The number of thiophene rings is 1. The summed E-state index contributed by atoms with van der Waals surface area (Å²) in [5.74, 6) is 1.34. The number of thiazole rings is 1. The molecule has 0 bridgehead atoms. The van der Waals surface area contributed by atoms with Gasteiger partial charge in [-0.2, -0.15) is 0 Å². The quantitative estimate of drug-likeness (QED) is 0.227. The Morgan fingerprint density at radius 1 is 0.951 bits per heavy atom. The van der Waals surface area contributed by atoms with Crippen molar-refractivity contribution in [3.8, 4) is 11.5 Å². The van der Waals surface area contributed by atoms with Crippen LogP contribution in [-0.2, 0) is 13.0 Å². The van der Waals surface area contributed by atoms with Gasteiger partial charge in [-0.25, -0.2) is 4.99 Å². The number of fused-ring (bicyclic) bond motifs is 3. The molecule has 0 unspecified atom stereocenters.